The second-order valence-corrected chi connectivity index (χ2v) is 8.66. The Hall–Kier alpha value is -4.63. The largest absolute Gasteiger partial charge is 0.467 e. The maximum Gasteiger partial charge on any atom is 0.293 e. The van der Waals surface area contributed by atoms with Crippen molar-refractivity contribution in [3.05, 3.63) is 52.1 Å². The van der Waals surface area contributed by atoms with Crippen molar-refractivity contribution in [2.24, 2.45) is 5.73 Å². The Morgan fingerprint density at radius 3 is 2.59 bits per heavy atom. The number of nitrogen functional groups attached to an aromatic ring is 1. The standard InChI is InChI=1S/C18H20N8O3.C7H13NO3.CH4/c19-13(27)2-1-7-21-16(28)10-3-5-11(6-4-10)22-8-12-9-23-15-14(24-12)17(29)26-18(20)25-15;9-7-11-6-3-8-1-4-10-5-2-8;/h3-6,9,22H,1-2,7-8H2,(H2,19,27)(H,21,28)(H3,20,23,25,26,29);7H,1-6H2;1H4. The number of hydrogen-bond donors (Lipinski definition) is 5. The van der Waals surface area contributed by atoms with Gasteiger partial charge in [0, 0.05) is 43.9 Å². The number of amides is 2. The van der Waals surface area contributed by atoms with Crippen LogP contribution in [0.15, 0.2) is 35.3 Å². The van der Waals surface area contributed by atoms with Crippen LogP contribution in [0.1, 0.15) is 36.3 Å². The fourth-order valence-electron chi connectivity index (χ4n) is 3.61. The lowest BCUT2D eigenvalue weighted by Crippen LogP contribution is -2.38. The number of nitrogens with zero attached hydrogens (tertiary/aromatic N) is 4. The molecule has 222 valence electrons. The summed E-state index contributed by atoms with van der Waals surface area (Å²) in [6.45, 7) is 5.98. The lowest BCUT2D eigenvalue weighted by molar-refractivity contribution is -0.129. The van der Waals surface area contributed by atoms with Crippen LogP contribution < -0.4 is 27.7 Å². The Bertz CT molecular complexity index is 1330. The van der Waals surface area contributed by atoms with Crippen LogP contribution in [0.5, 0.6) is 0 Å². The van der Waals surface area contributed by atoms with Crippen LogP contribution in [-0.2, 0) is 25.6 Å². The Morgan fingerprint density at radius 1 is 1.17 bits per heavy atom. The van der Waals surface area contributed by atoms with Gasteiger partial charge in [0.2, 0.25) is 11.9 Å². The molecule has 3 aromatic rings. The number of nitrogens with one attached hydrogen (secondary N) is 3. The number of morpholine rings is 1. The van der Waals surface area contributed by atoms with Crippen molar-refractivity contribution in [3.8, 4) is 0 Å². The molecular formula is C26H37N9O6. The number of benzene rings is 1. The number of rotatable bonds is 12. The lowest BCUT2D eigenvalue weighted by atomic mass is 10.2. The third kappa shape index (κ3) is 11.2. The predicted octanol–water partition coefficient (Wildman–Crippen LogP) is 0.0304. The SMILES string of the molecule is C.NC(=O)CCCNC(=O)c1ccc(NCc2cnc3nc(N)[nH]c(=O)c3n2)cc1.O=COCCN1CCOCC1. The number of fused-ring (bicyclic) bond motifs is 1. The molecule has 0 aliphatic carbocycles. The van der Waals surface area contributed by atoms with Gasteiger partial charge < -0.3 is 31.6 Å². The maximum atomic E-state index is 12.0. The van der Waals surface area contributed by atoms with Crippen LogP contribution in [-0.4, -0.2) is 89.1 Å². The zero-order chi connectivity index (χ0) is 28.7. The monoisotopic (exact) mass is 571 g/mol. The molecule has 0 spiro atoms. The highest BCUT2D eigenvalue weighted by Crippen LogP contribution is 2.11. The predicted molar refractivity (Wildman–Crippen MR) is 153 cm³/mol. The summed E-state index contributed by atoms with van der Waals surface area (Å²) in [4.78, 5) is 61.3. The van der Waals surface area contributed by atoms with Crippen LogP contribution in [0.4, 0.5) is 11.6 Å². The topological polar surface area (TPSA) is 221 Å². The molecule has 0 bridgehead atoms. The number of hydrogen-bond acceptors (Lipinski definition) is 12. The number of ether oxygens (including phenoxy) is 2. The summed E-state index contributed by atoms with van der Waals surface area (Å²) in [5, 5.41) is 5.87. The van der Waals surface area contributed by atoms with Crippen molar-refractivity contribution in [3.63, 3.8) is 0 Å². The highest BCUT2D eigenvalue weighted by molar-refractivity contribution is 5.94. The van der Waals surface area contributed by atoms with E-state index in [1.807, 2.05) is 0 Å². The summed E-state index contributed by atoms with van der Waals surface area (Å²) in [7, 11) is 0. The van der Waals surface area contributed by atoms with Crippen molar-refractivity contribution in [2.75, 3.05) is 57.1 Å². The van der Waals surface area contributed by atoms with E-state index in [-0.39, 0.29) is 36.9 Å². The fraction of sp³-hybridized carbons (Fsp3) is 0.423. The number of nitrogens with two attached hydrogens (primary N) is 2. The van der Waals surface area contributed by atoms with E-state index >= 15 is 0 Å². The zero-order valence-corrected chi connectivity index (χ0v) is 21.9. The van der Waals surface area contributed by atoms with Gasteiger partial charge in [-0.2, -0.15) is 4.98 Å². The number of carbonyl (C=O) groups excluding carboxylic acids is 3. The van der Waals surface area contributed by atoms with Crippen LogP contribution >= 0.6 is 0 Å². The van der Waals surface area contributed by atoms with Gasteiger partial charge >= 0.3 is 0 Å². The molecule has 3 heterocycles. The highest BCUT2D eigenvalue weighted by Gasteiger charge is 2.09. The Morgan fingerprint density at radius 2 is 1.90 bits per heavy atom. The second-order valence-electron chi connectivity index (χ2n) is 8.66. The van der Waals surface area contributed by atoms with E-state index < -0.39 is 11.5 Å². The molecule has 0 saturated carbocycles. The molecule has 7 N–H and O–H groups in total. The van der Waals surface area contributed by atoms with Gasteiger partial charge in [0.15, 0.2) is 11.2 Å². The minimum absolute atomic E-state index is 0. The lowest BCUT2D eigenvalue weighted by Gasteiger charge is -2.25. The zero-order valence-electron chi connectivity index (χ0n) is 21.9. The van der Waals surface area contributed by atoms with Gasteiger partial charge in [0.25, 0.3) is 17.9 Å². The van der Waals surface area contributed by atoms with Crippen molar-refractivity contribution < 1.29 is 23.9 Å². The smallest absolute Gasteiger partial charge is 0.293 e. The molecule has 2 amide bonds. The van der Waals surface area contributed by atoms with E-state index in [0.717, 1.165) is 38.5 Å². The van der Waals surface area contributed by atoms with Crippen molar-refractivity contribution in [1.82, 2.24) is 30.2 Å². The Kier molecular flexibility index (Phi) is 13.6. The molecule has 2 aromatic heterocycles. The average molecular weight is 572 g/mol. The molecule has 1 aliphatic rings. The molecule has 1 fully saturated rings. The first-order valence-electron chi connectivity index (χ1n) is 12.6. The first-order valence-corrected chi connectivity index (χ1v) is 12.6. The van der Waals surface area contributed by atoms with Crippen molar-refractivity contribution >= 4 is 41.1 Å². The average Bonchev–Trinajstić information content (AvgIpc) is 2.95. The molecule has 1 aromatic carbocycles. The number of aromatic amines is 1. The summed E-state index contributed by atoms with van der Waals surface area (Å²) in [6.07, 6.45) is 2.24. The van der Waals surface area contributed by atoms with Crippen LogP contribution in [0, 0.1) is 0 Å². The van der Waals surface area contributed by atoms with Crippen molar-refractivity contribution in [1.29, 1.82) is 0 Å². The number of carbonyl (C=O) groups is 3. The molecular weight excluding hydrogens is 534 g/mol. The first kappa shape index (κ1) is 32.6. The minimum atomic E-state index is -0.451. The first-order chi connectivity index (χ1) is 19.4. The van der Waals surface area contributed by atoms with Gasteiger partial charge in [0.05, 0.1) is 31.6 Å². The molecule has 41 heavy (non-hydrogen) atoms. The van der Waals surface area contributed by atoms with E-state index in [4.69, 9.17) is 16.2 Å². The fourth-order valence-corrected chi connectivity index (χ4v) is 3.61. The molecule has 0 unspecified atom stereocenters. The summed E-state index contributed by atoms with van der Waals surface area (Å²) in [5.41, 5.74) is 12.2. The van der Waals surface area contributed by atoms with Crippen molar-refractivity contribution in [2.45, 2.75) is 26.8 Å². The number of anilines is 2. The van der Waals surface area contributed by atoms with Gasteiger partial charge in [-0.15, -0.1) is 0 Å². The third-order valence-electron chi connectivity index (χ3n) is 5.69. The summed E-state index contributed by atoms with van der Waals surface area (Å²) in [6, 6.07) is 6.86. The maximum absolute atomic E-state index is 12.0. The summed E-state index contributed by atoms with van der Waals surface area (Å²) >= 11 is 0. The van der Waals surface area contributed by atoms with E-state index in [1.54, 1.807) is 24.3 Å². The highest BCUT2D eigenvalue weighted by atomic mass is 16.5. The normalized spacial score (nSPS) is 12.8. The molecule has 4 rings (SSSR count). The molecule has 15 heteroatoms. The molecule has 15 nitrogen and oxygen atoms in total. The van der Waals surface area contributed by atoms with E-state index in [2.05, 4.69) is 40.2 Å². The van der Waals surface area contributed by atoms with Gasteiger partial charge in [-0.25, -0.2) is 9.97 Å². The molecule has 1 saturated heterocycles. The molecule has 0 atom stereocenters. The van der Waals surface area contributed by atoms with Crippen LogP contribution in [0.2, 0.25) is 0 Å². The third-order valence-corrected chi connectivity index (χ3v) is 5.69. The summed E-state index contributed by atoms with van der Waals surface area (Å²) < 4.78 is 9.73. The van der Waals surface area contributed by atoms with Gasteiger partial charge in [0.1, 0.15) is 6.61 Å². The number of aromatic nitrogens is 4. The van der Waals surface area contributed by atoms with E-state index in [1.165, 1.54) is 6.20 Å². The molecule has 0 radical (unpaired) electrons. The Balaban J connectivity index is 0.000000413. The van der Waals surface area contributed by atoms with Gasteiger partial charge in [-0.3, -0.25) is 29.1 Å². The minimum Gasteiger partial charge on any atom is -0.467 e. The van der Waals surface area contributed by atoms with Gasteiger partial charge in [-0.1, -0.05) is 7.43 Å². The van der Waals surface area contributed by atoms with E-state index in [9.17, 15) is 19.2 Å². The van der Waals surface area contributed by atoms with Crippen LogP contribution in [0.25, 0.3) is 11.2 Å². The Labute approximate surface area is 237 Å². The van der Waals surface area contributed by atoms with E-state index in [0.29, 0.717) is 43.8 Å². The summed E-state index contributed by atoms with van der Waals surface area (Å²) in [5.74, 6) is -0.636. The molecule has 1 aliphatic heterocycles. The second kappa shape index (κ2) is 17.1. The van der Waals surface area contributed by atoms with Crippen LogP contribution in [0.3, 0.4) is 0 Å². The quantitative estimate of drug-likeness (QED) is 0.144. The van der Waals surface area contributed by atoms with Gasteiger partial charge in [-0.05, 0) is 30.7 Å². The number of H-pyrrole nitrogens is 1. The number of primary amides is 1.